The van der Waals surface area contributed by atoms with E-state index in [1.807, 2.05) is 13.8 Å². The van der Waals surface area contributed by atoms with Crippen molar-refractivity contribution in [2.24, 2.45) is 0 Å². The maximum absolute atomic E-state index is 5.74. The largest absolute Gasteiger partial charge is 0.460 e. The zero-order valence-electron chi connectivity index (χ0n) is 13.7. The summed E-state index contributed by atoms with van der Waals surface area (Å²) in [6.07, 6.45) is 0.0310. The number of tetrazole rings is 1. The number of para-hydroxylation sites is 1. The summed E-state index contributed by atoms with van der Waals surface area (Å²) in [6, 6.07) is 6.81. The number of nitrogens with zero attached hydrogens (tertiary/aromatic N) is 4. The quantitative estimate of drug-likeness (QED) is 0.842. The predicted molar refractivity (Wildman–Crippen MR) is 83.1 cm³/mol. The number of rotatable bonds is 5. The first-order valence-corrected chi connectivity index (χ1v) is 7.50. The molecule has 21 heavy (non-hydrogen) atoms. The van der Waals surface area contributed by atoms with Crippen LogP contribution in [0.5, 0.6) is 6.01 Å². The van der Waals surface area contributed by atoms with Gasteiger partial charge in [-0.1, -0.05) is 51.0 Å². The second-order valence-corrected chi connectivity index (χ2v) is 6.13. The average molecular weight is 288 g/mol. The molecular weight excluding hydrogens is 264 g/mol. The second-order valence-electron chi connectivity index (χ2n) is 6.13. The molecule has 1 aromatic carbocycles. The fourth-order valence-corrected chi connectivity index (χ4v) is 2.36. The lowest BCUT2D eigenvalue weighted by molar-refractivity contribution is 0.216. The van der Waals surface area contributed by atoms with Gasteiger partial charge in [-0.15, -0.1) is 0 Å². The van der Waals surface area contributed by atoms with Crippen molar-refractivity contribution in [3.63, 3.8) is 0 Å². The van der Waals surface area contributed by atoms with Gasteiger partial charge in [0.25, 0.3) is 0 Å². The molecule has 0 radical (unpaired) electrons. The Labute approximate surface area is 126 Å². The van der Waals surface area contributed by atoms with Gasteiger partial charge in [0.1, 0.15) is 0 Å². The highest BCUT2D eigenvalue weighted by Gasteiger charge is 2.20. The number of hydrogen-bond acceptors (Lipinski definition) is 4. The molecule has 0 unspecified atom stereocenters. The maximum Gasteiger partial charge on any atom is 0.340 e. The maximum atomic E-state index is 5.74. The van der Waals surface area contributed by atoms with Crippen LogP contribution in [0.25, 0.3) is 5.69 Å². The Morgan fingerprint density at radius 2 is 1.52 bits per heavy atom. The zero-order chi connectivity index (χ0) is 15.6. The lowest BCUT2D eigenvalue weighted by Gasteiger charge is -2.20. The third-order valence-electron chi connectivity index (χ3n) is 3.34. The van der Waals surface area contributed by atoms with Gasteiger partial charge in [0.05, 0.1) is 11.8 Å². The Morgan fingerprint density at radius 3 is 2.00 bits per heavy atom. The highest BCUT2D eigenvalue weighted by Crippen LogP contribution is 2.32. The van der Waals surface area contributed by atoms with Gasteiger partial charge < -0.3 is 4.74 Å². The van der Waals surface area contributed by atoms with Gasteiger partial charge in [-0.2, -0.15) is 4.68 Å². The van der Waals surface area contributed by atoms with Crippen LogP contribution in [-0.4, -0.2) is 26.3 Å². The summed E-state index contributed by atoms with van der Waals surface area (Å²) in [5, 5.41) is 12.0. The van der Waals surface area contributed by atoms with E-state index in [0.29, 0.717) is 17.8 Å². The van der Waals surface area contributed by atoms with E-state index in [1.165, 1.54) is 11.1 Å². The molecule has 1 heterocycles. The molecule has 0 N–H and O–H groups in total. The normalized spacial score (nSPS) is 11.7. The molecule has 0 aliphatic rings. The van der Waals surface area contributed by atoms with Crippen LogP contribution < -0.4 is 4.74 Å². The summed E-state index contributed by atoms with van der Waals surface area (Å²) in [5.74, 6) is 0.768. The van der Waals surface area contributed by atoms with Crippen LogP contribution in [0.15, 0.2) is 18.2 Å². The van der Waals surface area contributed by atoms with Gasteiger partial charge in [0.15, 0.2) is 0 Å². The van der Waals surface area contributed by atoms with E-state index in [4.69, 9.17) is 4.74 Å². The Balaban J connectivity index is 2.64. The molecule has 5 nitrogen and oxygen atoms in total. The van der Waals surface area contributed by atoms with Crippen LogP contribution in [0.4, 0.5) is 0 Å². The van der Waals surface area contributed by atoms with Crippen LogP contribution in [0.3, 0.4) is 0 Å². The topological polar surface area (TPSA) is 52.8 Å². The molecule has 0 bridgehead atoms. The van der Waals surface area contributed by atoms with E-state index >= 15 is 0 Å². The standard InChI is InChI=1S/C16H24N4O/c1-10(2)13-8-7-9-14(11(3)4)15(13)20-16(17-18-19-20)21-12(5)6/h7-12H,1-6H3. The van der Waals surface area contributed by atoms with Crippen LogP contribution >= 0.6 is 0 Å². The summed E-state index contributed by atoms with van der Waals surface area (Å²) < 4.78 is 7.46. The highest BCUT2D eigenvalue weighted by molar-refractivity contribution is 5.51. The lowest BCUT2D eigenvalue weighted by atomic mass is 9.93. The van der Waals surface area contributed by atoms with E-state index < -0.39 is 0 Å². The summed E-state index contributed by atoms with van der Waals surface area (Å²) in [4.78, 5) is 0. The van der Waals surface area contributed by atoms with Crippen molar-refractivity contribution in [1.82, 2.24) is 20.2 Å². The SMILES string of the molecule is CC(C)Oc1nnnn1-c1c(C(C)C)cccc1C(C)C. The van der Waals surface area contributed by atoms with E-state index in [2.05, 4.69) is 61.4 Å². The van der Waals surface area contributed by atoms with Crippen molar-refractivity contribution in [3.05, 3.63) is 29.3 Å². The smallest absolute Gasteiger partial charge is 0.340 e. The van der Waals surface area contributed by atoms with Gasteiger partial charge in [0, 0.05) is 0 Å². The fourth-order valence-electron chi connectivity index (χ4n) is 2.36. The average Bonchev–Trinajstić information content (AvgIpc) is 2.84. The third-order valence-corrected chi connectivity index (χ3v) is 3.34. The molecule has 0 spiro atoms. The Morgan fingerprint density at radius 1 is 0.952 bits per heavy atom. The zero-order valence-corrected chi connectivity index (χ0v) is 13.7. The first-order valence-electron chi connectivity index (χ1n) is 7.50. The number of ether oxygens (including phenoxy) is 1. The summed E-state index contributed by atoms with van der Waals surface area (Å²) in [6.45, 7) is 12.6. The molecule has 5 heteroatoms. The van der Waals surface area contributed by atoms with Crippen molar-refractivity contribution in [1.29, 1.82) is 0 Å². The molecule has 114 valence electrons. The number of benzene rings is 1. The molecule has 0 aliphatic heterocycles. The van der Waals surface area contributed by atoms with E-state index in [9.17, 15) is 0 Å². The Bertz CT molecular complexity index is 576. The molecule has 0 fully saturated rings. The first kappa shape index (κ1) is 15.5. The minimum absolute atomic E-state index is 0.0310. The van der Waals surface area contributed by atoms with Crippen molar-refractivity contribution in [2.45, 2.75) is 59.5 Å². The van der Waals surface area contributed by atoms with Gasteiger partial charge >= 0.3 is 6.01 Å². The monoisotopic (exact) mass is 288 g/mol. The molecule has 0 saturated carbocycles. The fraction of sp³-hybridized carbons (Fsp3) is 0.562. The van der Waals surface area contributed by atoms with Crippen molar-refractivity contribution in [3.8, 4) is 11.7 Å². The van der Waals surface area contributed by atoms with Crippen LogP contribution in [0.1, 0.15) is 64.5 Å². The van der Waals surface area contributed by atoms with Crippen molar-refractivity contribution in [2.75, 3.05) is 0 Å². The lowest BCUT2D eigenvalue weighted by Crippen LogP contribution is -2.14. The molecule has 0 atom stereocenters. The number of aromatic nitrogens is 4. The summed E-state index contributed by atoms with van der Waals surface area (Å²) >= 11 is 0. The van der Waals surface area contributed by atoms with Crippen LogP contribution in [0, 0.1) is 0 Å². The molecule has 0 amide bonds. The molecule has 0 aliphatic carbocycles. The molecule has 2 rings (SSSR count). The minimum Gasteiger partial charge on any atom is -0.460 e. The van der Waals surface area contributed by atoms with Gasteiger partial charge in [-0.25, -0.2) is 0 Å². The van der Waals surface area contributed by atoms with E-state index in [-0.39, 0.29) is 6.10 Å². The van der Waals surface area contributed by atoms with Crippen LogP contribution in [0.2, 0.25) is 0 Å². The van der Waals surface area contributed by atoms with Crippen molar-refractivity contribution < 1.29 is 4.74 Å². The first-order chi connectivity index (χ1) is 9.91. The van der Waals surface area contributed by atoms with E-state index in [1.54, 1.807) is 4.68 Å². The number of hydrogen-bond donors (Lipinski definition) is 0. The van der Waals surface area contributed by atoms with Gasteiger partial charge in [-0.05, 0) is 47.2 Å². The van der Waals surface area contributed by atoms with E-state index in [0.717, 1.165) is 5.69 Å². The molecular formula is C16H24N4O. The summed E-state index contributed by atoms with van der Waals surface area (Å²) in [7, 11) is 0. The molecule has 1 aromatic heterocycles. The van der Waals surface area contributed by atoms with Crippen molar-refractivity contribution >= 4 is 0 Å². The Hall–Kier alpha value is -1.91. The highest BCUT2D eigenvalue weighted by atomic mass is 16.5. The molecule has 0 saturated heterocycles. The molecule has 2 aromatic rings. The van der Waals surface area contributed by atoms with Gasteiger partial charge in [-0.3, -0.25) is 0 Å². The van der Waals surface area contributed by atoms with Crippen LogP contribution in [-0.2, 0) is 0 Å². The predicted octanol–water partition coefficient (Wildman–Crippen LogP) is 3.70. The van der Waals surface area contributed by atoms with Gasteiger partial charge in [0.2, 0.25) is 0 Å². The second kappa shape index (κ2) is 6.24. The minimum atomic E-state index is 0.0310. The third kappa shape index (κ3) is 3.23. The Kier molecular flexibility index (Phi) is 4.60. The summed E-state index contributed by atoms with van der Waals surface area (Å²) in [5.41, 5.74) is 3.49.